The third-order valence-electron chi connectivity index (χ3n) is 3.34. The van der Waals surface area contributed by atoms with E-state index in [0.29, 0.717) is 16.9 Å². The van der Waals surface area contributed by atoms with Crippen LogP contribution in [-0.2, 0) is 0 Å². The van der Waals surface area contributed by atoms with E-state index < -0.39 is 0 Å². The molecule has 0 aromatic heterocycles. The molecule has 2 atom stereocenters. The molecule has 0 amide bonds. The molecule has 0 aliphatic heterocycles. The van der Waals surface area contributed by atoms with Crippen molar-refractivity contribution in [1.29, 1.82) is 0 Å². The predicted octanol–water partition coefficient (Wildman–Crippen LogP) is 0.668. The number of rotatable bonds is 2. The second-order valence-corrected chi connectivity index (χ2v) is 5.75. The molecule has 1 rings (SSSR count). The minimum atomic E-state index is 0.343. The summed E-state index contributed by atoms with van der Waals surface area (Å²) in [5, 5.41) is 3.39. The molecule has 1 saturated carbocycles. The van der Waals surface area contributed by atoms with Gasteiger partial charge in [0.15, 0.2) is 7.98 Å². The standard InChI is InChI=1S/C10H23BN2/c1-9(2)4-8(13-11)5-10(3,6-9)7-12/h8,13H,4-7,11-12H2,1-3H3. The summed E-state index contributed by atoms with van der Waals surface area (Å²) in [5.41, 5.74) is 6.63. The van der Waals surface area contributed by atoms with E-state index in [4.69, 9.17) is 5.73 Å². The van der Waals surface area contributed by atoms with Crippen molar-refractivity contribution < 1.29 is 0 Å². The normalized spacial score (nSPS) is 38.9. The van der Waals surface area contributed by atoms with Crippen LogP contribution >= 0.6 is 0 Å². The Hall–Kier alpha value is -0.0151. The van der Waals surface area contributed by atoms with Crippen molar-refractivity contribution in [2.75, 3.05) is 6.54 Å². The Morgan fingerprint density at radius 3 is 2.46 bits per heavy atom. The predicted molar refractivity (Wildman–Crippen MR) is 60.3 cm³/mol. The molecule has 2 unspecified atom stereocenters. The second kappa shape index (κ2) is 3.62. The maximum Gasteiger partial charge on any atom is 0.182 e. The number of hydrogen-bond acceptors (Lipinski definition) is 2. The van der Waals surface area contributed by atoms with Crippen LogP contribution in [-0.4, -0.2) is 20.6 Å². The number of hydrogen-bond donors (Lipinski definition) is 2. The first kappa shape index (κ1) is 11.1. The van der Waals surface area contributed by atoms with E-state index in [0.717, 1.165) is 6.54 Å². The highest BCUT2D eigenvalue weighted by Gasteiger charge is 2.39. The van der Waals surface area contributed by atoms with Crippen LogP contribution in [0.1, 0.15) is 40.0 Å². The van der Waals surface area contributed by atoms with Gasteiger partial charge in [0.25, 0.3) is 0 Å². The molecule has 0 heterocycles. The Balaban J connectivity index is 2.71. The lowest BCUT2D eigenvalue weighted by atomic mass is 9.62. The van der Waals surface area contributed by atoms with Crippen LogP contribution in [0, 0.1) is 10.8 Å². The molecule has 0 aromatic rings. The highest BCUT2D eigenvalue weighted by atomic mass is 14.8. The Bertz CT molecular complexity index is 182. The van der Waals surface area contributed by atoms with Crippen LogP contribution in [0.5, 0.6) is 0 Å². The molecule has 1 fully saturated rings. The van der Waals surface area contributed by atoms with E-state index in [9.17, 15) is 0 Å². The average molecular weight is 182 g/mol. The van der Waals surface area contributed by atoms with Gasteiger partial charge in [-0.05, 0) is 42.7 Å². The Labute approximate surface area is 83.1 Å². The van der Waals surface area contributed by atoms with Crippen LogP contribution in [0.2, 0.25) is 0 Å². The topological polar surface area (TPSA) is 38.0 Å². The van der Waals surface area contributed by atoms with Gasteiger partial charge in [-0.1, -0.05) is 20.8 Å². The van der Waals surface area contributed by atoms with Crippen molar-refractivity contribution in [3.63, 3.8) is 0 Å². The van der Waals surface area contributed by atoms with Gasteiger partial charge in [-0.3, -0.25) is 0 Å². The second-order valence-electron chi connectivity index (χ2n) is 5.75. The average Bonchev–Trinajstić information content (AvgIpc) is 2.01. The summed E-state index contributed by atoms with van der Waals surface area (Å²) in [6.07, 6.45) is 3.76. The van der Waals surface area contributed by atoms with Crippen LogP contribution in [0.3, 0.4) is 0 Å². The fourth-order valence-electron chi connectivity index (χ4n) is 2.99. The first-order valence-corrected chi connectivity index (χ1v) is 5.28. The Morgan fingerprint density at radius 1 is 1.38 bits per heavy atom. The molecular weight excluding hydrogens is 159 g/mol. The zero-order valence-electron chi connectivity index (χ0n) is 9.48. The molecule has 0 aromatic carbocycles. The van der Waals surface area contributed by atoms with Gasteiger partial charge < -0.3 is 11.0 Å². The molecular formula is C10H23BN2. The van der Waals surface area contributed by atoms with Crippen molar-refractivity contribution in [1.82, 2.24) is 5.23 Å². The minimum Gasteiger partial charge on any atom is -0.359 e. The van der Waals surface area contributed by atoms with Gasteiger partial charge in [0.1, 0.15) is 0 Å². The molecule has 13 heavy (non-hydrogen) atoms. The van der Waals surface area contributed by atoms with Crippen LogP contribution < -0.4 is 11.0 Å². The van der Waals surface area contributed by atoms with Crippen LogP contribution in [0.4, 0.5) is 0 Å². The van der Waals surface area contributed by atoms with Gasteiger partial charge in [-0.15, -0.1) is 0 Å². The summed E-state index contributed by atoms with van der Waals surface area (Å²) in [4.78, 5) is 0. The number of nitrogens with two attached hydrogens (primary N) is 1. The van der Waals surface area contributed by atoms with Crippen LogP contribution in [0.15, 0.2) is 0 Å². The van der Waals surface area contributed by atoms with Crippen molar-refractivity contribution in [3.05, 3.63) is 0 Å². The molecule has 2 nitrogen and oxygen atoms in total. The fourth-order valence-corrected chi connectivity index (χ4v) is 2.99. The summed E-state index contributed by atoms with van der Waals surface area (Å²) >= 11 is 0. The van der Waals surface area contributed by atoms with Crippen molar-refractivity contribution in [2.24, 2.45) is 16.6 Å². The molecule has 1 aliphatic carbocycles. The monoisotopic (exact) mass is 182 g/mol. The molecule has 1 aliphatic rings. The fraction of sp³-hybridized carbons (Fsp3) is 1.00. The zero-order valence-corrected chi connectivity index (χ0v) is 9.48. The first-order chi connectivity index (χ1) is 5.91. The lowest BCUT2D eigenvalue weighted by molar-refractivity contribution is 0.0852. The largest absolute Gasteiger partial charge is 0.359 e. The summed E-state index contributed by atoms with van der Waals surface area (Å²) in [6.45, 7) is 7.84. The molecule has 0 saturated heterocycles. The van der Waals surface area contributed by atoms with Crippen molar-refractivity contribution in [2.45, 2.75) is 46.1 Å². The van der Waals surface area contributed by atoms with E-state index in [1.54, 1.807) is 0 Å². The molecule has 0 spiro atoms. The van der Waals surface area contributed by atoms with E-state index in [1.165, 1.54) is 19.3 Å². The van der Waals surface area contributed by atoms with Gasteiger partial charge >= 0.3 is 0 Å². The maximum atomic E-state index is 5.85. The zero-order chi connectivity index (χ0) is 10.1. The van der Waals surface area contributed by atoms with Gasteiger partial charge in [0.05, 0.1) is 0 Å². The van der Waals surface area contributed by atoms with Crippen LogP contribution in [0.25, 0.3) is 0 Å². The van der Waals surface area contributed by atoms with Crippen molar-refractivity contribution >= 4 is 7.98 Å². The maximum absolute atomic E-state index is 5.85. The third kappa shape index (κ3) is 2.71. The SMILES string of the molecule is BNC1CC(C)(C)CC(C)(CN)C1. The van der Waals surface area contributed by atoms with E-state index in [-0.39, 0.29) is 0 Å². The Morgan fingerprint density at radius 2 is 2.00 bits per heavy atom. The van der Waals surface area contributed by atoms with Gasteiger partial charge in [0, 0.05) is 0 Å². The van der Waals surface area contributed by atoms with Gasteiger partial charge in [-0.2, -0.15) is 0 Å². The molecule has 0 radical (unpaired) electrons. The summed E-state index contributed by atoms with van der Waals surface area (Å²) in [7, 11) is 2.06. The van der Waals surface area contributed by atoms with E-state index in [2.05, 4.69) is 34.0 Å². The Kier molecular flexibility index (Phi) is 3.08. The third-order valence-corrected chi connectivity index (χ3v) is 3.34. The van der Waals surface area contributed by atoms with Gasteiger partial charge in [0.2, 0.25) is 0 Å². The molecule has 0 bridgehead atoms. The highest BCUT2D eigenvalue weighted by Crippen LogP contribution is 2.45. The van der Waals surface area contributed by atoms with E-state index >= 15 is 0 Å². The van der Waals surface area contributed by atoms with E-state index in [1.807, 2.05) is 0 Å². The minimum absolute atomic E-state index is 0.343. The quantitative estimate of drug-likeness (QED) is 0.616. The highest BCUT2D eigenvalue weighted by molar-refractivity contribution is 6.04. The summed E-state index contributed by atoms with van der Waals surface area (Å²) in [6, 6.07) is 0.650. The first-order valence-electron chi connectivity index (χ1n) is 5.28. The number of nitrogens with one attached hydrogen (secondary N) is 1. The summed E-state index contributed by atoms with van der Waals surface area (Å²) < 4.78 is 0. The molecule has 3 N–H and O–H groups in total. The molecule has 76 valence electrons. The lowest BCUT2D eigenvalue weighted by Crippen LogP contribution is -2.47. The smallest absolute Gasteiger partial charge is 0.182 e. The summed E-state index contributed by atoms with van der Waals surface area (Å²) in [5.74, 6) is 0. The van der Waals surface area contributed by atoms with Crippen molar-refractivity contribution in [3.8, 4) is 0 Å². The lowest BCUT2D eigenvalue weighted by Gasteiger charge is -2.46. The van der Waals surface area contributed by atoms with Gasteiger partial charge in [-0.25, -0.2) is 0 Å². The molecule has 3 heteroatoms.